The molecule has 2 heterocycles. The molecule has 140 valence electrons. The molecule has 1 aliphatic heterocycles. The molecule has 26 heavy (non-hydrogen) atoms. The molecule has 6 heteroatoms. The van der Waals surface area contributed by atoms with Gasteiger partial charge in [-0.25, -0.2) is 4.98 Å². The van der Waals surface area contributed by atoms with Crippen LogP contribution in [-0.2, 0) is 6.42 Å². The summed E-state index contributed by atoms with van der Waals surface area (Å²) < 4.78 is 0. The second-order valence-electron chi connectivity index (χ2n) is 7.11. The van der Waals surface area contributed by atoms with Crippen LogP contribution in [0.1, 0.15) is 48.2 Å². The number of rotatable bonds is 5. The number of nitrogens with zero attached hydrogens (tertiary/aromatic N) is 4. The monoisotopic (exact) mass is 354 g/mol. The van der Waals surface area contributed by atoms with Crippen LogP contribution < -0.4 is 5.32 Å². The molecule has 0 saturated carbocycles. The fourth-order valence-corrected chi connectivity index (χ4v) is 3.71. The number of guanidine groups is 1. The highest BCUT2D eigenvalue weighted by Gasteiger charge is 2.24. The first-order chi connectivity index (χ1) is 12.7. The summed E-state index contributed by atoms with van der Waals surface area (Å²) in [6.45, 7) is 10.1. The smallest absolute Gasteiger partial charge is 0.193 e. The van der Waals surface area contributed by atoms with E-state index in [2.05, 4.69) is 64.4 Å². The van der Waals surface area contributed by atoms with Crippen molar-refractivity contribution in [2.45, 2.75) is 46.0 Å². The van der Waals surface area contributed by atoms with E-state index in [4.69, 9.17) is 4.99 Å². The zero-order valence-corrected chi connectivity index (χ0v) is 16.1. The fraction of sp³-hybridized carbons (Fsp3) is 0.550. The minimum absolute atomic E-state index is 0.479. The van der Waals surface area contributed by atoms with Crippen molar-refractivity contribution < 1.29 is 0 Å². The molecule has 0 atom stereocenters. The van der Waals surface area contributed by atoms with Crippen LogP contribution in [0, 0.1) is 13.8 Å². The SMILES string of the molecule is CCNC(=NCCc1cc(C)cc(C)c1)N1CCC(c2ncn[nH]2)CC1. The Kier molecular flexibility index (Phi) is 6.26. The fourth-order valence-electron chi connectivity index (χ4n) is 3.71. The highest BCUT2D eigenvalue weighted by atomic mass is 15.3. The number of H-pyrrole nitrogens is 1. The van der Waals surface area contributed by atoms with Gasteiger partial charge in [0.2, 0.25) is 0 Å². The highest BCUT2D eigenvalue weighted by molar-refractivity contribution is 5.80. The molecule has 6 nitrogen and oxygen atoms in total. The van der Waals surface area contributed by atoms with E-state index in [9.17, 15) is 0 Å². The third-order valence-corrected chi connectivity index (χ3v) is 4.89. The van der Waals surface area contributed by atoms with Crippen molar-refractivity contribution in [1.29, 1.82) is 0 Å². The third kappa shape index (κ3) is 4.84. The molecule has 0 amide bonds. The van der Waals surface area contributed by atoms with Gasteiger partial charge in [-0.05, 0) is 45.6 Å². The largest absolute Gasteiger partial charge is 0.357 e. The van der Waals surface area contributed by atoms with Crippen LogP contribution in [0.4, 0.5) is 0 Å². The molecule has 0 spiro atoms. The van der Waals surface area contributed by atoms with E-state index in [0.717, 1.165) is 57.2 Å². The van der Waals surface area contributed by atoms with Gasteiger partial charge in [0.25, 0.3) is 0 Å². The van der Waals surface area contributed by atoms with E-state index in [1.807, 2.05) is 0 Å². The van der Waals surface area contributed by atoms with Gasteiger partial charge in [0.05, 0.1) is 0 Å². The van der Waals surface area contributed by atoms with Gasteiger partial charge in [0.1, 0.15) is 12.2 Å². The van der Waals surface area contributed by atoms with E-state index >= 15 is 0 Å². The lowest BCUT2D eigenvalue weighted by molar-refractivity contribution is 0.299. The predicted octanol–water partition coefficient (Wildman–Crippen LogP) is 2.81. The molecule has 3 rings (SSSR count). The van der Waals surface area contributed by atoms with Gasteiger partial charge < -0.3 is 10.2 Å². The number of hydrogen-bond donors (Lipinski definition) is 2. The van der Waals surface area contributed by atoms with Crippen molar-refractivity contribution in [1.82, 2.24) is 25.4 Å². The van der Waals surface area contributed by atoms with Gasteiger partial charge in [-0.15, -0.1) is 0 Å². The van der Waals surface area contributed by atoms with Crippen LogP contribution in [-0.4, -0.2) is 52.2 Å². The Morgan fingerprint density at radius 3 is 2.58 bits per heavy atom. The maximum absolute atomic E-state index is 4.88. The van der Waals surface area contributed by atoms with E-state index < -0.39 is 0 Å². The van der Waals surface area contributed by atoms with Crippen LogP contribution in [0.15, 0.2) is 29.5 Å². The summed E-state index contributed by atoms with van der Waals surface area (Å²) in [6.07, 6.45) is 4.74. The zero-order valence-electron chi connectivity index (χ0n) is 16.1. The summed E-state index contributed by atoms with van der Waals surface area (Å²) in [6, 6.07) is 6.74. The molecular weight excluding hydrogens is 324 g/mol. The van der Waals surface area contributed by atoms with Crippen LogP contribution in [0.5, 0.6) is 0 Å². The molecule has 2 N–H and O–H groups in total. The number of aryl methyl sites for hydroxylation is 2. The average molecular weight is 355 g/mol. The number of benzene rings is 1. The van der Waals surface area contributed by atoms with Crippen LogP contribution in [0.25, 0.3) is 0 Å². The Hall–Kier alpha value is -2.37. The minimum Gasteiger partial charge on any atom is -0.357 e. The van der Waals surface area contributed by atoms with E-state index in [0.29, 0.717) is 5.92 Å². The Morgan fingerprint density at radius 2 is 1.96 bits per heavy atom. The van der Waals surface area contributed by atoms with Crippen LogP contribution in [0.2, 0.25) is 0 Å². The Morgan fingerprint density at radius 1 is 1.23 bits per heavy atom. The lowest BCUT2D eigenvalue weighted by Crippen LogP contribution is -2.45. The summed E-state index contributed by atoms with van der Waals surface area (Å²) in [7, 11) is 0. The second-order valence-corrected chi connectivity index (χ2v) is 7.11. The first-order valence-electron chi connectivity index (χ1n) is 9.61. The second kappa shape index (κ2) is 8.83. The van der Waals surface area contributed by atoms with Crippen molar-refractivity contribution in [2.24, 2.45) is 4.99 Å². The molecule has 1 aromatic heterocycles. The van der Waals surface area contributed by atoms with E-state index in [-0.39, 0.29) is 0 Å². The number of hydrogen-bond acceptors (Lipinski definition) is 3. The Labute approximate surface area is 156 Å². The molecule has 0 bridgehead atoms. The van der Waals surface area contributed by atoms with Crippen LogP contribution in [0.3, 0.4) is 0 Å². The van der Waals surface area contributed by atoms with E-state index in [1.165, 1.54) is 16.7 Å². The van der Waals surface area contributed by atoms with Crippen molar-refractivity contribution in [3.63, 3.8) is 0 Å². The van der Waals surface area contributed by atoms with Gasteiger partial charge in [0, 0.05) is 32.1 Å². The highest BCUT2D eigenvalue weighted by Crippen LogP contribution is 2.24. The maximum Gasteiger partial charge on any atom is 0.193 e. The summed E-state index contributed by atoms with van der Waals surface area (Å²) in [5.41, 5.74) is 4.02. The summed E-state index contributed by atoms with van der Waals surface area (Å²) in [5.74, 6) is 2.53. The van der Waals surface area contributed by atoms with Crippen molar-refractivity contribution >= 4 is 5.96 Å². The molecule has 1 fully saturated rings. The molecule has 0 aliphatic carbocycles. The summed E-state index contributed by atoms with van der Waals surface area (Å²) in [4.78, 5) is 11.6. The lowest BCUT2D eigenvalue weighted by Gasteiger charge is -2.33. The maximum atomic E-state index is 4.88. The number of aromatic nitrogens is 3. The van der Waals surface area contributed by atoms with Crippen molar-refractivity contribution in [3.05, 3.63) is 47.0 Å². The number of likely N-dealkylation sites (tertiary alicyclic amines) is 1. The third-order valence-electron chi connectivity index (χ3n) is 4.89. The minimum atomic E-state index is 0.479. The van der Waals surface area contributed by atoms with Crippen LogP contribution >= 0.6 is 0 Å². The Bertz CT molecular complexity index is 694. The molecule has 2 aromatic rings. The molecule has 1 saturated heterocycles. The predicted molar refractivity (Wildman–Crippen MR) is 106 cm³/mol. The lowest BCUT2D eigenvalue weighted by atomic mass is 9.96. The number of nitrogens with one attached hydrogen (secondary N) is 2. The normalized spacial score (nSPS) is 16.1. The number of aromatic amines is 1. The topological polar surface area (TPSA) is 69.2 Å². The molecule has 1 aliphatic rings. The van der Waals surface area contributed by atoms with Gasteiger partial charge in [0.15, 0.2) is 5.96 Å². The van der Waals surface area contributed by atoms with Crippen molar-refractivity contribution in [3.8, 4) is 0 Å². The zero-order chi connectivity index (χ0) is 18.4. The molecule has 0 radical (unpaired) electrons. The Balaban J connectivity index is 1.57. The van der Waals surface area contributed by atoms with Crippen molar-refractivity contribution in [2.75, 3.05) is 26.2 Å². The van der Waals surface area contributed by atoms with Gasteiger partial charge >= 0.3 is 0 Å². The van der Waals surface area contributed by atoms with Gasteiger partial charge in [-0.1, -0.05) is 29.3 Å². The number of piperidine rings is 1. The molecule has 0 unspecified atom stereocenters. The van der Waals surface area contributed by atoms with Gasteiger partial charge in [-0.3, -0.25) is 10.1 Å². The summed E-state index contributed by atoms with van der Waals surface area (Å²) >= 11 is 0. The van der Waals surface area contributed by atoms with Gasteiger partial charge in [-0.2, -0.15) is 5.10 Å². The standard InChI is InChI=1S/C20H30N6/c1-4-21-20(22-8-5-17-12-15(2)11-16(3)13-17)26-9-6-18(7-10-26)19-23-14-24-25-19/h11-14,18H,4-10H2,1-3H3,(H,21,22)(H,23,24,25). The average Bonchev–Trinajstić information content (AvgIpc) is 3.15. The first-order valence-corrected chi connectivity index (χ1v) is 9.61. The first kappa shape index (κ1) is 18.4. The molecular formula is C20H30N6. The number of aliphatic imine (C=N–C) groups is 1. The summed E-state index contributed by atoms with van der Waals surface area (Å²) in [5, 5.41) is 10.4. The van der Waals surface area contributed by atoms with E-state index in [1.54, 1.807) is 6.33 Å². The quantitative estimate of drug-likeness (QED) is 0.640. The molecule has 1 aromatic carbocycles.